The first kappa shape index (κ1) is 28.3. The zero-order chi connectivity index (χ0) is 28.7. The maximum atomic E-state index is 12.7. The number of anilines is 1. The predicted octanol–water partition coefficient (Wildman–Crippen LogP) is 5.31. The third-order valence-corrected chi connectivity index (χ3v) is 8.20. The molecule has 3 aromatic carbocycles. The Morgan fingerprint density at radius 1 is 0.900 bits per heavy atom. The van der Waals surface area contributed by atoms with Gasteiger partial charge in [0.1, 0.15) is 17.4 Å². The Hall–Kier alpha value is -4.72. The van der Waals surface area contributed by atoms with Gasteiger partial charge in [-0.15, -0.1) is 0 Å². The van der Waals surface area contributed by atoms with E-state index in [4.69, 9.17) is 9.15 Å². The van der Waals surface area contributed by atoms with E-state index in [-0.39, 0.29) is 21.9 Å². The molecule has 4 rings (SSSR count). The number of furan rings is 1. The standard InChI is InChI=1S/C30H27N3O6S/c1-3-33(4-2)40(36,37)24-17-15-23(16-18-24)30(35)38-20-26(34)32-29-25(19-31)27(21-11-7-5-8-12-21)28(39-29)22-13-9-6-10-14-22/h5-18H,3-4,20H2,1-2H3,(H,32,34). The lowest BCUT2D eigenvalue weighted by Crippen LogP contribution is -2.30. The van der Waals surface area contributed by atoms with Crippen molar-refractivity contribution < 1.29 is 27.2 Å². The van der Waals surface area contributed by atoms with E-state index in [1.54, 1.807) is 13.8 Å². The summed E-state index contributed by atoms with van der Waals surface area (Å²) < 4.78 is 37.7. The van der Waals surface area contributed by atoms with Crippen LogP contribution in [0.5, 0.6) is 0 Å². The van der Waals surface area contributed by atoms with E-state index in [0.717, 1.165) is 11.1 Å². The molecule has 40 heavy (non-hydrogen) atoms. The Morgan fingerprint density at radius 2 is 1.48 bits per heavy atom. The van der Waals surface area contributed by atoms with E-state index in [1.165, 1.54) is 28.6 Å². The van der Waals surface area contributed by atoms with Crippen molar-refractivity contribution in [3.05, 3.63) is 96.1 Å². The Morgan fingerprint density at radius 3 is 2.02 bits per heavy atom. The predicted molar refractivity (Wildman–Crippen MR) is 150 cm³/mol. The summed E-state index contributed by atoms with van der Waals surface area (Å²) in [5.74, 6) is -1.17. The number of rotatable bonds is 10. The molecule has 4 aromatic rings. The molecule has 1 N–H and O–H groups in total. The highest BCUT2D eigenvalue weighted by atomic mass is 32.2. The summed E-state index contributed by atoms with van der Waals surface area (Å²) in [6, 6.07) is 25.8. The summed E-state index contributed by atoms with van der Waals surface area (Å²) in [5.41, 5.74) is 2.20. The molecule has 0 radical (unpaired) electrons. The van der Waals surface area contributed by atoms with E-state index in [1.807, 2.05) is 60.7 Å². The van der Waals surface area contributed by atoms with E-state index >= 15 is 0 Å². The highest BCUT2D eigenvalue weighted by molar-refractivity contribution is 7.89. The van der Waals surface area contributed by atoms with Gasteiger partial charge in [-0.1, -0.05) is 74.5 Å². The van der Waals surface area contributed by atoms with E-state index < -0.39 is 28.5 Å². The fourth-order valence-electron chi connectivity index (χ4n) is 4.15. The second kappa shape index (κ2) is 12.4. The number of hydrogen-bond acceptors (Lipinski definition) is 7. The summed E-state index contributed by atoms with van der Waals surface area (Å²) >= 11 is 0. The Kier molecular flexibility index (Phi) is 8.79. The first-order valence-corrected chi connectivity index (χ1v) is 14.0. The zero-order valence-corrected chi connectivity index (χ0v) is 22.8. The third-order valence-electron chi connectivity index (χ3n) is 6.14. The van der Waals surface area contributed by atoms with Gasteiger partial charge in [-0.3, -0.25) is 10.1 Å². The molecule has 10 heteroatoms. The molecule has 0 aliphatic heterocycles. The molecular formula is C30H27N3O6S. The van der Waals surface area contributed by atoms with E-state index in [0.29, 0.717) is 24.4 Å². The van der Waals surface area contributed by atoms with Gasteiger partial charge in [0.05, 0.1) is 10.5 Å². The minimum Gasteiger partial charge on any atom is -0.452 e. The maximum absolute atomic E-state index is 12.7. The number of hydrogen-bond donors (Lipinski definition) is 1. The summed E-state index contributed by atoms with van der Waals surface area (Å²) in [5, 5.41) is 12.5. The van der Waals surface area contributed by atoms with Gasteiger partial charge in [0.25, 0.3) is 5.91 Å². The molecule has 0 aliphatic rings. The van der Waals surface area contributed by atoms with Gasteiger partial charge in [-0.25, -0.2) is 13.2 Å². The summed E-state index contributed by atoms with van der Waals surface area (Å²) in [6.45, 7) is 3.47. The minimum atomic E-state index is -3.67. The molecule has 0 fully saturated rings. The van der Waals surface area contributed by atoms with Gasteiger partial charge in [-0.2, -0.15) is 9.57 Å². The lowest BCUT2D eigenvalue weighted by Gasteiger charge is -2.18. The van der Waals surface area contributed by atoms with E-state index in [9.17, 15) is 23.3 Å². The lowest BCUT2D eigenvalue weighted by atomic mass is 9.98. The zero-order valence-electron chi connectivity index (χ0n) is 22.0. The number of nitrogens with zero attached hydrogens (tertiary/aromatic N) is 2. The molecular weight excluding hydrogens is 530 g/mol. The molecule has 0 saturated carbocycles. The fourth-order valence-corrected chi connectivity index (χ4v) is 5.61. The van der Waals surface area contributed by atoms with Crippen molar-refractivity contribution in [2.24, 2.45) is 0 Å². The largest absolute Gasteiger partial charge is 0.452 e. The van der Waals surface area contributed by atoms with Gasteiger partial charge >= 0.3 is 5.97 Å². The molecule has 204 valence electrons. The molecule has 0 bridgehead atoms. The van der Waals surface area contributed by atoms with Crippen LogP contribution in [0.15, 0.2) is 94.2 Å². The Bertz CT molecular complexity index is 1640. The fraction of sp³-hybridized carbons (Fsp3) is 0.167. The Labute approximate surface area is 232 Å². The van der Waals surface area contributed by atoms with Gasteiger partial charge in [0.2, 0.25) is 15.9 Å². The normalized spacial score (nSPS) is 11.2. The molecule has 0 unspecified atom stereocenters. The molecule has 1 aromatic heterocycles. The van der Waals surface area contributed by atoms with Crippen LogP contribution in [0, 0.1) is 11.3 Å². The number of carbonyl (C=O) groups excluding carboxylic acids is 2. The number of carbonyl (C=O) groups is 2. The molecule has 1 heterocycles. The van der Waals surface area contributed by atoms with Crippen LogP contribution in [0.25, 0.3) is 22.5 Å². The van der Waals surface area contributed by atoms with Crippen molar-refractivity contribution in [1.82, 2.24) is 4.31 Å². The van der Waals surface area contributed by atoms with Crippen molar-refractivity contribution >= 4 is 27.8 Å². The van der Waals surface area contributed by atoms with Crippen LogP contribution in [0.1, 0.15) is 29.8 Å². The second-order valence-electron chi connectivity index (χ2n) is 8.59. The molecule has 0 spiro atoms. The lowest BCUT2D eigenvalue weighted by molar-refractivity contribution is -0.119. The number of benzene rings is 3. The highest BCUT2D eigenvalue weighted by Crippen LogP contribution is 2.41. The second-order valence-corrected chi connectivity index (χ2v) is 10.5. The number of nitriles is 1. The van der Waals surface area contributed by atoms with Crippen LogP contribution < -0.4 is 5.32 Å². The van der Waals surface area contributed by atoms with Crippen LogP contribution in [0.2, 0.25) is 0 Å². The molecule has 0 saturated heterocycles. The van der Waals surface area contributed by atoms with E-state index in [2.05, 4.69) is 11.4 Å². The average Bonchev–Trinajstić information content (AvgIpc) is 3.35. The maximum Gasteiger partial charge on any atom is 0.338 e. The van der Waals surface area contributed by atoms with Crippen LogP contribution in [0.3, 0.4) is 0 Å². The van der Waals surface area contributed by atoms with Crippen molar-refractivity contribution in [3.63, 3.8) is 0 Å². The molecule has 0 aliphatic carbocycles. The number of nitrogens with one attached hydrogen (secondary N) is 1. The highest BCUT2D eigenvalue weighted by Gasteiger charge is 2.25. The van der Waals surface area contributed by atoms with Gasteiger partial charge in [0.15, 0.2) is 6.61 Å². The molecule has 0 atom stereocenters. The monoisotopic (exact) mass is 557 g/mol. The topological polar surface area (TPSA) is 130 Å². The Balaban J connectivity index is 1.50. The van der Waals surface area contributed by atoms with Crippen molar-refractivity contribution in [2.45, 2.75) is 18.7 Å². The third kappa shape index (κ3) is 5.96. The van der Waals surface area contributed by atoms with Crippen LogP contribution >= 0.6 is 0 Å². The van der Waals surface area contributed by atoms with Gasteiger partial charge < -0.3 is 9.15 Å². The van der Waals surface area contributed by atoms with Crippen molar-refractivity contribution in [1.29, 1.82) is 5.26 Å². The van der Waals surface area contributed by atoms with Crippen LogP contribution in [-0.4, -0.2) is 44.3 Å². The number of sulfonamides is 1. The summed E-state index contributed by atoms with van der Waals surface area (Å²) in [6.07, 6.45) is 0. The van der Waals surface area contributed by atoms with Crippen LogP contribution in [0.4, 0.5) is 5.88 Å². The van der Waals surface area contributed by atoms with Crippen molar-refractivity contribution in [3.8, 4) is 28.5 Å². The smallest absolute Gasteiger partial charge is 0.338 e. The first-order valence-electron chi connectivity index (χ1n) is 12.5. The van der Waals surface area contributed by atoms with Gasteiger partial charge in [0, 0.05) is 24.2 Å². The number of esters is 1. The van der Waals surface area contributed by atoms with Crippen LogP contribution in [-0.2, 0) is 19.6 Å². The number of amides is 1. The SMILES string of the molecule is CCN(CC)S(=O)(=O)c1ccc(C(=O)OCC(=O)Nc2oc(-c3ccccc3)c(-c3ccccc3)c2C#N)cc1. The average molecular weight is 558 g/mol. The van der Waals surface area contributed by atoms with Gasteiger partial charge in [-0.05, 0) is 29.8 Å². The first-order chi connectivity index (χ1) is 19.3. The molecule has 9 nitrogen and oxygen atoms in total. The minimum absolute atomic E-state index is 0.0517. The quantitative estimate of drug-likeness (QED) is 0.262. The molecule has 1 amide bonds. The number of ether oxygens (including phenoxy) is 1. The van der Waals surface area contributed by atoms with Crippen molar-refractivity contribution in [2.75, 3.05) is 25.0 Å². The summed E-state index contributed by atoms with van der Waals surface area (Å²) in [4.78, 5) is 25.3. The summed E-state index contributed by atoms with van der Waals surface area (Å²) in [7, 11) is -3.67.